The number of rotatable bonds is 6. The Hall–Kier alpha value is -2.82. The van der Waals surface area contributed by atoms with Crippen molar-refractivity contribution in [3.8, 4) is 17.0 Å². The van der Waals surface area contributed by atoms with Gasteiger partial charge in [-0.05, 0) is 55.3 Å². The van der Waals surface area contributed by atoms with Gasteiger partial charge in [0.15, 0.2) is 0 Å². The molecular formula is C20H23N3O2. The van der Waals surface area contributed by atoms with Gasteiger partial charge in [0.1, 0.15) is 22.9 Å². The second kappa shape index (κ2) is 7.38. The molecule has 0 fully saturated rings. The Morgan fingerprint density at radius 2 is 2.00 bits per heavy atom. The van der Waals surface area contributed by atoms with Crippen LogP contribution in [0.5, 0.6) is 5.75 Å². The number of benzene rings is 1. The summed E-state index contributed by atoms with van der Waals surface area (Å²) < 4.78 is 7.15. The number of ether oxygens (including phenoxy) is 1. The lowest BCUT2D eigenvalue weighted by Gasteiger charge is -2.08. The number of nitrogens with zero attached hydrogens (tertiary/aromatic N) is 2. The number of amides is 1. The van der Waals surface area contributed by atoms with Gasteiger partial charge in [-0.2, -0.15) is 0 Å². The molecule has 3 aromatic rings. The molecule has 0 saturated heterocycles. The van der Waals surface area contributed by atoms with E-state index in [2.05, 4.69) is 12.2 Å². The van der Waals surface area contributed by atoms with Gasteiger partial charge in [0.05, 0.1) is 7.11 Å². The SMILES string of the molecule is CCCCC(=O)Nc1c(-c2ccc(OC)cc2)nc2cc(C)ccn12. The molecule has 5 heteroatoms. The van der Waals surface area contributed by atoms with Crippen molar-refractivity contribution >= 4 is 17.4 Å². The van der Waals surface area contributed by atoms with E-state index < -0.39 is 0 Å². The van der Waals surface area contributed by atoms with Crippen LogP contribution in [0.4, 0.5) is 5.82 Å². The second-order valence-electron chi connectivity index (χ2n) is 6.12. The van der Waals surface area contributed by atoms with Gasteiger partial charge < -0.3 is 10.1 Å². The smallest absolute Gasteiger partial charge is 0.225 e. The van der Waals surface area contributed by atoms with Crippen molar-refractivity contribution in [1.82, 2.24) is 9.38 Å². The molecule has 5 nitrogen and oxygen atoms in total. The van der Waals surface area contributed by atoms with Crippen LogP contribution >= 0.6 is 0 Å². The number of aryl methyl sites for hydroxylation is 1. The highest BCUT2D eigenvalue weighted by Gasteiger charge is 2.16. The van der Waals surface area contributed by atoms with Gasteiger partial charge in [0.25, 0.3) is 0 Å². The van der Waals surface area contributed by atoms with Crippen molar-refractivity contribution < 1.29 is 9.53 Å². The number of hydrogen-bond donors (Lipinski definition) is 1. The maximum Gasteiger partial charge on any atom is 0.225 e. The second-order valence-corrected chi connectivity index (χ2v) is 6.12. The van der Waals surface area contributed by atoms with Crippen molar-refractivity contribution in [2.75, 3.05) is 12.4 Å². The van der Waals surface area contributed by atoms with E-state index in [0.29, 0.717) is 12.2 Å². The molecule has 1 N–H and O–H groups in total. The summed E-state index contributed by atoms with van der Waals surface area (Å²) >= 11 is 0. The van der Waals surface area contributed by atoms with Crippen molar-refractivity contribution in [1.29, 1.82) is 0 Å². The average Bonchev–Trinajstić information content (AvgIpc) is 2.97. The van der Waals surface area contributed by atoms with Crippen LogP contribution in [0.3, 0.4) is 0 Å². The minimum absolute atomic E-state index is 0.0130. The number of aromatic nitrogens is 2. The molecule has 1 amide bonds. The molecule has 0 aliphatic carbocycles. The molecule has 0 saturated carbocycles. The molecule has 0 unspecified atom stereocenters. The first-order chi connectivity index (χ1) is 12.1. The number of pyridine rings is 1. The van der Waals surface area contributed by atoms with Gasteiger partial charge in [-0.3, -0.25) is 9.20 Å². The first-order valence-corrected chi connectivity index (χ1v) is 8.55. The summed E-state index contributed by atoms with van der Waals surface area (Å²) in [6.45, 7) is 4.11. The van der Waals surface area contributed by atoms with Crippen molar-refractivity contribution in [3.05, 3.63) is 48.2 Å². The van der Waals surface area contributed by atoms with E-state index in [4.69, 9.17) is 9.72 Å². The Morgan fingerprint density at radius 3 is 2.68 bits per heavy atom. The maximum atomic E-state index is 12.3. The Balaban J connectivity index is 2.05. The summed E-state index contributed by atoms with van der Waals surface area (Å²) in [6, 6.07) is 11.7. The van der Waals surface area contributed by atoms with Crippen LogP contribution in [0.25, 0.3) is 16.9 Å². The van der Waals surface area contributed by atoms with Gasteiger partial charge in [-0.25, -0.2) is 4.98 Å². The number of fused-ring (bicyclic) bond motifs is 1. The van der Waals surface area contributed by atoms with Crippen molar-refractivity contribution in [2.45, 2.75) is 33.1 Å². The number of nitrogens with one attached hydrogen (secondary N) is 1. The van der Waals surface area contributed by atoms with Crippen LogP contribution in [-0.4, -0.2) is 22.4 Å². The van der Waals surface area contributed by atoms with Crippen molar-refractivity contribution in [2.24, 2.45) is 0 Å². The van der Waals surface area contributed by atoms with E-state index in [9.17, 15) is 4.79 Å². The lowest BCUT2D eigenvalue weighted by molar-refractivity contribution is -0.116. The largest absolute Gasteiger partial charge is 0.497 e. The zero-order valence-electron chi connectivity index (χ0n) is 14.9. The topological polar surface area (TPSA) is 55.6 Å². The van der Waals surface area contributed by atoms with E-state index in [-0.39, 0.29) is 5.91 Å². The number of carbonyl (C=O) groups is 1. The fourth-order valence-corrected chi connectivity index (χ4v) is 2.75. The molecule has 0 atom stereocenters. The zero-order valence-corrected chi connectivity index (χ0v) is 14.9. The third-order valence-corrected chi connectivity index (χ3v) is 4.16. The molecule has 0 bridgehead atoms. The number of methoxy groups -OCH3 is 1. The molecule has 1 aromatic carbocycles. The first-order valence-electron chi connectivity index (χ1n) is 8.55. The van der Waals surface area contributed by atoms with Crippen LogP contribution in [-0.2, 0) is 4.79 Å². The van der Waals surface area contributed by atoms with Crippen LogP contribution in [0.1, 0.15) is 31.7 Å². The number of hydrogen-bond acceptors (Lipinski definition) is 3. The standard InChI is InChI=1S/C20H23N3O2/c1-4-5-6-18(24)22-20-19(15-7-9-16(25-3)10-8-15)21-17-13-14(2)11-12-23(17)20/h7-13H,4-6H2,1-3H3,(H,22,24). The molecule has 2 aromatic heterocycles. The number of imidazole rings is 1. The number of unbranched alkanes of at least 4 members (excludes halogenated alkanes) is 1. The highest BCUT2D eigenvalue weighted by molar-refractivity contribution is 5.94. The minimum atomic E-state index is 0.0130. The third kappa shape index (κ3) is 3.65. The molecule has 0 aliphatic rings. The fraction of sp³-hybridized carbons (Fsp3) is 0.300. The minimum Gasteiger partial charge on any atom is -0.497 e. The third-order valence-electron chi connectivity index (χ3n) is 4.16. The van der Waals surface area contributed by atoms with Gasteiger partial charge in [0.2, 0.25) is 5.91 Å². The summed E-state index contributed by atoms with van der Waals surface area (Å²) in [5.41, 5.74) is 3.64. The zero-order chi connectivity index (χ0) is 17.8. The molecule has 0 aliphatic heterocycles. The summed E-state index contributed by atoms with van der Waals surface area (Å²) in [4.78, 5) is 17.0. The fourth-order valence-electron chi connectivity index (χ4n) is 2.75. The molecule has 0 spiro atoms. The van der Waals surface area contributed by atoms with Gasteiger partial charge >= 0.3 is 0 Å². The molecule has 25 heavy (non-hydrogen) atoms. The lowest BCUT2D eigenvalue weighted by atomic mass is 10.1. The van der Waals surface area contributed by atoms with Gasteiger partial charge in [0, 0.05) is 18.2 Å². The van der Waals surface area contributed by atoms with E-state index >= 15 is 0 Å². The maximum absolute atomic E-state index is 12.3. The average molecular weight is 337 g/mol. The monoisotopic (exact) mass is 337 g/mol. The molecular weight excluding hydrogens is 314 g/mol. The quantitative estimate of drug-likeness (QED) is 0.723. The molecule has 0 radical (unpaired) electrons. The summed E-state index contributed by atoms with van der Waals surface area (Å²) in [7, 11) is 1.64. The van der Waals surface area contributed by atoms with Crippen molar-refractivity contribution in [3.63, 3.8) is 0 Å². The van der Waals surface area contributed by atoms with E-state index in [1.165, 1.54) is 0 Å². The Morgan fingerprint density at radius 1 is 1.24 bits per heavy atom. The normalized spacial score (nSPS) is 10.8. The van der Waals surface area contributed by atoms with Crippen LogP contribution in [0, 0.1) is 6.92 Å². The Labute approximate surface area is 147 Å². The van der Waals surface area contributed by atoms with E-state index in [0.717, 1.165) is 41.1 Å². The predicted octanol–water partition coefficient (Wildman–Crippen LogP) is 4.45. The summed E-state index contributed by atoms with van der Waals surface area (Å²) in [5, 5.41) is 3.05. The van der Waals surface area contributed by atoms with E-state index in [1.54, 1.807) is 7.11 Å². The van der Waals surface area contributed by atoms with Crippen LogP contribution in [0.2, 0.25) is 0 Å². The van der Waals surface area contributed by atoms with Gasteiger partial charge in [-0.15, -0.1) is 0 Å². The first kappa shape index (κ1) is 17.0. The lowest BCUT2D eigenvalue weighted by Crippen LogP contribution is -2.13. The predicted molar refractivity (Wildman–Crippen MR) is 100 cm³/mol. The Bertz CT molecular complexity index is 882. The van der Waals surface area contributed by atoms with Crippen LogP contribution < -0.4 is 10.1 Å². The van der Waals surface area contributed by atoms with Crippen LogP contribution in [0.15, 0.2) is 42.6 Å². The highest BCUT2D eigenvalue weighted by atomic mass is 16.5. The summed E-state index contributed by atoms with van der Waals surface area (Å²) in [5.74, 6) is 1.51. The van der Waals surface area contributed by atoms with Gasteiger partial charge in [-0.1, -0.05) is 13.3 Å². The van der Waals surface area contributed by atoms with E-state index in [1.807, 2.05) is 53.9 Å². The molecule has 2 heterocycles. The molecule has 3 rings (SSSR count). The Kier molecular flexibility index (Phi) is 5.03. The highest BCUT2D eigenvalue weighted by Crippen LogP contribution is 2.30. The molecule has 130 valence electrons. The number of anilines is 1. The summed E-state index contributed by atoms with van der Waals surface area (Å²) in [6.07, 6.45) is 4.32. The number of carbonyl (C=O) groups excluding carboxylic acids is 1.